The number of carbonyl (C=O) groups excluding carboxylic acids is 1. The average molecular weight is 381 g/mol. The molecule has 6 heteroatoms. The van der Waals surface area contributed by atoms with Gasteiger partial charge in [-0.1, -0.05) is 60.3 Å². The zero-order chi connectivity index (χ0) is 19.2. The third-order valence-electron chi connectivity index (χ3n) is 4.43. The van der Waals surface area contributed by atoms with Crippen molar-refractivity contribution in [3.63, 3.8) is 0 Å². The number of hydrogen-bond acceptors (Lipinski definition) is 4. The molecular weight excluding hydrogens is 356 g/mol. The number of para-hydroxylation sites is 1. The summed E-state index contributed by atoms with van der Waals surface area (Å²) in [5.41, 5.74) is 3.33. The van der Waals surface area contributed by atoms with Crippen molar-refractivity contribution in [1.82, 2.24) is 19.7 Å². The standard InChI is InChI=1S/C21H24N4OS/c1-4-24(14-18-11-6-5-7-12-18)20(26)15-27-21-23-22-17(3)25(21)19-13-9-8-10-16(19)2/h5-13H,4,14-15H2,1-3H3. The molecule has 3 aromatic rings. The first-order chi connectivity index (χ1) is 13.1. The monoisotopic (exact) mass is 380 g/mol. The van der Waals surface area contributed by atoms with E-state index in [1.807, 2.05) is 71.8 Å². The van der Waals surface area contributed by atoms with Crippen molar-refractivity contribution in [2.24, 2.45) is 0 Å². The van der Waals surface area contributed by atoms with Gasteiger partial charge in [0.05, 0.1) is 11.4 Å². The van der Waals surface area contributed by atoms with Crippen molar-refractivity contribution in [2.45, 2.75) is 32.5 Å². The Kier molecular flexibility index (Phi) is 6.29. The number of carbonyl (C=O) groups is 1. The van der Waals surface area contributed by atoms with Gasteiger partial charge in [0.1, 0.15) is 5.82 Å². The molecule has 3 rings (SSSR count). The fourth-order valence-electron chi connectivity index (χ4n) is 2.93. The Morgan fingerprint density at radius 3 is 2.44 bits per heavy atom. The number of aromatic nitrogens is 3. The Morgan fingerprint density at radius 1 is 1.04 bits per heavy atom. The lowest BCUT2D eigenvalue weighted by atomic mass is 10.2. The number of aryl methyl sites for hydroxylation is 2. The van der Waals surface area contributed by atoms with Gasteiger partial charge in [0.25, 0.3) is 0 Å². The molecule has 1 aromatic heterocycles. The minimum absolute atomic E-state index is 0.100. The van der Waals surface area contributed by atoms with Gasteiger partial charge >= 0.3 is 0 Å². The van der Waals surface area contributed by atoms with Crippen LogP contribution in [-0.2, 0) is 11.3 Å². The minimum atomic E-state index is 0.100. The molecule has 0 saturated carbocycles. The summed E-state index contributed by atoms with van der Waals surface area (Å²) in [6.07, 6.45) is 0. The van der Waals surface area contributed by atoms with Gasteiger partial charge in [-0.15, -0.1) is 10.2 Å². The number of nitrogens with zero attached hydrogens (tertiary/aromatic N) is 4. The number of hydrogen-bond donors (Lipinski definition) is 0. The van der Waals surface area contributed by atoms with Crippen LogP contribution < -0.4 is 0 Å². The predicted molar refractivity (Wildman–Crippen MR) is 109 cm³/mol. The number of benzene rings is 2. The molecule has 0 fully saturated rings. The molecule has 0 aliphatic carbocycles. The Balaban J connectivity index is 1.71. The van der Waals surface area contributed by atoms with Gasteiger partial charge in [0.15, 0.2) is 5.16 Å². The molecule has 0 spiro atoms. The van der Waals surface area contributed by atoms with Crippen molar-refractivity contribution >= 4 is 17.7 Å². The maximum atomic E-state index is 12.7. The van der Waals surface area contributed by atoms with Crippen molar-refractivity contribution in [1.29, 1.82) is 0 Å². The summed E-state index contributed by atoms with van der Waals surface area (Å²) >= 11 is 1.43. The van der Waals surface area contributed by atoms with Crippen molar-refractivity contribution in [3.05, 3.63) is 71.5 Å². The van der Waals surface area contributed by atoms with Gasteiger partial charge < -0.3 is 4.90 Å². The van der Waals surface area contributed by atoms with E-state index in [0.717, 1.165) is 27.8 Å². The SMILES string of the molecule is CCN(Cc1ccccc1)C(=O)CSc1nnc(C)n1-c1ccccc1C. The average Bonchev–Trinajstić information content (AvgIpc) is 3.05. The van der Waals surface area contributed by atoms with Crippen LogP contribution in [-0.4, -0.2) is 37.9 Å². The fraction of sp³-hybridized carbons (Fsp3) is 0.286. The molecular formula is C21H24N4OS. The van der Waals surface area contributed by atoms with Crippen LogP contribution in [0, 0.1) is 13.8 Å². The van der Waals surface area contributed by atoms with Crippen LogP contribution in [0.3, 0.4) is 0 Å². The van der Waals surface area contributed by atoms with Crippen molar-refractivity contribution in [2.75, 3.05) is 12.3 Å². The molecule has 2 aromatic carbocycles. The minimum Gasteiger partial charge on any atom is -0.338 e. The van der Waals surface area contributed by atoms with E-state index in [2.05, 4.69) is 23.2 Å². The normalized spacial score (nSPS) is 10.8. The molecule has 0 aliphatic heterocycles. The van der Waals surface area contributed by atoms with Crippen molar-refractivity contribution in [3.8, 4) is 5.69 Å². The second-order valence-electron chi connectivity index (χ2n) is 6.33. The third-order valence-corrected chi connectivity index (χ3v) is 5.34. The van der Waals surface area contributed by atoms with Crippen LogP contribution >= 0.6 is 11.8 Å². The molecule has 0 N–H and O–H groups in total. The lowest BCUT2D eigenvalue weighted by molar-refractivity contribution is -0.128. The van der Waals surface area contributed by atoms with Gasteiger partial charge in [-0.3, -0.25) is 9.36 Å². The second kappa shape index (κ2) is 8.86. The van der Waals surface area contributed by atoms with Crippen LogP contribution in [0.15, 0.2) is 59.8 Å². The van der Waals surface area contributed by atoms with E-state index in [-0.39, 0.29) is 5.91 Å². The molecule has 140 valence electrons. The van der Waals surface area contributed by atoms with E-state index in [4.69, 9.17) is 0 Å². The number of amides is 1. The molecule has 1 heterocycles. The Bertz CT molecular complexity index is 908. The second-order valence-corrected chi connectivity index (χ2v) is 7.28. The smallest absolute Gasteiger partial charge is 0.233 e. The summed E-state index contributed by atoms with van der Waals surface area (Å²) in [6.45, 7) is 7.30. The molecule has 0 atom stereocenters. The van der Waals surface area contributed by atoms with Gasteiger partial charge in [-0.2, -0.15) is 0 Å². The lowest BCUT2D eigenvalue weighted by Gasteiger charge is -2.21. The molecule has 0 aliphatic rings. The predicted octanol–water partition coefficient (Wildman–Crippen LogP) is 4.02. The zero-order valence-electron chi connectivity index (χ0n) is 15.9. The highest BCUT2D eigenvalue weighted by Gasteiger charge is 2.17. The van der Waals surface area contributed by atoms with Crippen LogP contribution in [0.5, 0.6) is 0 Å². The van der Waals surface area contributed by atoms with E-state index in [1.165, 1.54) is 11.8 Å². The Labute approximate surface area is 164 Å². The van der Waals surface area contributed by atoms with Crippen LogP contribution in [0.1, 0.15) is 23.9 Å². The highest BCUT2D eigenvalue weighted by molar-refractivity contribution is 7.99. The fourth-order valence-corrected chi connectivity index (χ4v) is 3.82. The summed E-state index contributed by atoms with van der Waals surface area (Å²) < 4.78 is 2.01. The zero-order valence-corrected chi connectivity index (χ0v) is 16.7. The molecule has 0 unspecified atom stereocenters. The van der Waals surface area contributed by atoms with Crippen LogP contribution in [0.2, 0.25) is 0 Å². The van der Waals surface area contributed by atoms with E-state index >= 15 is 0 Å². The Hall–Kier alpha value is -2.60. The molecule has 27 heavy (non-hydrogen) atoms. The van der Waals surface area contributed by atoms with E-state index < -0.39 is 0 Å². The molecule has 0 saturated heterocycles. The third kappa shape index (κ3) is 4.57. The van der Waals surface area contributed by atoms with Crippen LogP contribution in [0.4, 0.5) is 0 Å². The first kappa shape index (κ1) is 19.2. The molecule has 0 radical (unpaired) electrons. The maximum Gasteiger partial charge on any atom is 0.233 e. The highest BCUT2D eigenvalue weighted by atomic mass is 32.2. The number of thioether (sulfide) groups is 1. The summed E-state index contributed by atoms with van der Waals surface area (Å²) in [4.78, 5) is 14.6. The van der Waals surface area contributed by atoms with E-state index in [1.54, 1.807) is 0 Å². The van der Waals surface area contributed by atoms with Gasteiger partial charge in [0.2, 0.25) is 5.91 Å². The topological polar surface area (TPSA) is 51.0 Å². The van der Waals surface area contributed by atoms with Crippen molar-refractivity contribution < 1.29 is 4.79 Å². The van der Waals surface area contributed by atoms with E-state index in [0.29, 0.717) is 18.8 Å². The molecule has 0 bridgehead atoms. The summed E-state index contributed by atoms with van der Waals surface area (Å²) in [5.74, 6) is 1.25. The van der Waals surface area contributed by atoms with Gasteiger partial charge in [-0.05, 0) is 38.0 Å². The summed E-state index contributed by atoms with van der Waals surface area (Å²) in [6, 6.07) is 18.2. The number of rotatable bonds is 7. The molecule has 5 nitrogen and oxygen atoms in total. The summed E-state index contributed by atoms with van der Waals surface area (Å²) in [7, 11) is 0. The largest absolute Gasteiger partial charge is 0.338 e. The molecule has 1 amide bonds. The highest BCUT2D eigenvalue weighted by Crippen LogP contribution is 2.24. The van der Waals surface area contributed by atoms with E-state index in [9.17, 15) is 4.79 Å². The quantitative estimate of drug-likeness (QED) is 0.581. The maximum absolute atomic E-state index is 12.7. The first-order valence-corrected chi connectivity index (χ1v) is 10.0. The summed E-state index contributed by atoms with van der Waals surface area (Å²) in [5, 5.41) is 9.23. The Morgan fingerprint density at radius 2 is 1.74 bits per heavy atom. The lowest BCUT2D eigenvalue weighted by Crippen LogP contribution is -2.31. The van der Waals surface area contributed by atoms with Gasteiger partial charge in [-0.25, -0.2) is 0 Å². The van der Waals surface area contributed by atoms with Gasteiger partial charge in [0, 0.05) is 13.1 Å². The van der Waals surface area contributed by atoms with Crippen LogP contribution in [0.25, 0.3) is 5.69 Å². The first-order valence-electron chi connectivity index (χ1n) is 9.02.